The van der Waals surface area contributed by atoms with Crippen LogP contribution in [0.25, 0.3) is 22.8 Å². The molecule has 0 amide bonds. The standard InChI is InChI=1S/C21H17N5O/c1-22-15-16-7-5-6-10-18(16)25-14-12-20(27)21(24-25)19-11-13-23-26(19)17-8-3-2-4-9-17/h2-15H,1H3/b22-15+. The van der Waals surface area contributed by atoms with Gasteiger partial charge in [-0.25, -0.2) is 9.36 Å². The van der Waals surface area contributed by atoms with Crippen molar-refractivity contribution >= 4 is 6.21 Å². The summed E-state index contributed by atoms with van der Waals surface area (Å²) in [5.74, 6) is 0. The number of aromatic nitrogens is 4. The summed E-state index contributed by atoms with van der Waals surface area (Å²) < 4.78 is 3.41. The highest BCUT2D eigenvalue weighted by Gasteiger charge is 2.14. The van der Waals surface area contributed by atoms with Gasteiger partial charge < -0.3 is 0 Å². The molecule has 27 heavy (non-hydrogen) atoms. The molecule has 0 aliphatic rings. The SMILES string of the molecule is C/N=C/c1ccccc1-n1ccc(=O)c(-c2ccnn2-c2ccccc2)n1. The molecule has 0 saturated carbocycles. The molecule has 0 atom stereocenters. The molecule has 132 valence electrons. The van der Waals surface area contributed by atoms with E-state index in [4.69, 9.17) is 0 Å². The molecule has 6 heteroatoms. The van der Waals surface area contributed by atoms with Crippen molar-refractivity contribution < 1.29 is 0 Å². The van der Waals surface area contributed by atoms with E-state index in [9.17, 15) is 4.79 Å². The van der Waals surface area contributed by atoms with Crippen LogP contribution in [-0.4, -0.2) is 32.8 Å². The number of hydrogen-bond donors (Lipinski definition) is 0. The lowest BCUT2D eigenvalue weighted by Gasteiger charge is -2.11. The minimum atomic E-state index is -0.162. The van der Waals surface area contributed by atoms with E-state index in [-0.39, 0.29) is 5.43 Å². The number of rotatable bonds is 4. The number of hydrogen-bond acceptors (Lipinski definition) is 4. The largest absolute Gasteiger partial charge is 0.296 e. The van der Waals surface area contributed by atoms with E-state index < -0.39 is 0 Å². The fraction of sp³-hybridized carbons (Fsp3) is 0.0476. The highest BCUT2D eigenvalue weighted by atomic mass is 16.1. The van der Waals surface area contributed by atoms with Gasteiger partial charge in [-0.05, 0) is 24.3 Å². The molecule has 0 unspecified atom stereocenters. The maximum absolute atomic E-state index is 12.6. The predicted molar refractivity (Wildman–Crippen MR) is 106 cm³/mol. The van der Waals surface area contributed by atoms with Crippen LogP contribution < -0.4 is 5.43 Å². The first-order valence-electron chi connectivity index (χ1n) is 8.49. The molecule has 0 aliphatic carbocycles. The average molecular weight is 355 g/mol. The number of para-hydroxylation sites is 2. The van der Waals surface area contributed by atoms with Crippen molar-refractivity contribution in [2.45, 2.75) is 0 Å². The monoisotopic (exact) mass is 355 g/mol. The van der Waals surface area contributed by atoms with E-state index in [1.165, 1.54) is 6.07 Å². The van der Waals surface area contributed by atoms with Crippen LogP contribution in [0.5, 0.6) is 0 Å². The van der Waals surface area contributed by atoms with E-state index in [1.807, 2.05) is 54.6 Å². The van der Waals surface area contributed by atoms with Gasteiger partial charge in [0.2, 0.25) is 5.43 Å². The van der Waals surface area contributed by atoms with Crippen LogP contribution in [0.4, 0.5) is 0 Å². The van der Waals surface area contributed by atoms with Gasteiger partial charge in [0.1, 0.15) is 0 Å². The Morgan fingerprint density at radius 3 is 2.56 bits per heavy atom. The van der Waals surface area contributed by atoms with Gasteiger partial charge in [0.25, 0.3) is 0 Å². The molecule has 2 aromatic heterocycles. The Morgan fingerprint density at radius 1 is 0.963 bits per heavy atom. The second kappa shape index (κ2) is 7.21. The van der Waals surface area contributed by atoms with Crippen molar-refractivity contribution in [3.63, 3.8) is 0 Å². The van der Waals surface area contributed by atoms with E-state index in [0.29, 0.717) is 11.4 Å². The summed E-state index contributed by atoms with van der Waals surface area (Å²) >= 11 is 0. The summed E-state index contributed by atoms with van der Waals surface area (Å²) in [5.41, 5.74) is 3.44. The van der Waals surface area contributed by atoms with Gasteiger partial charge in [0, 0.05) is 31.1 Å². The maximum Gasteiger partial charge on any atom is 0.209 e. The highest BCUT2D eigenvalue weighted by molar-refractivity contribution is 5.84. The number of nitrogens with zero attached hydrogens (tertiary/aromatic N) is 5. The molecule has 0 radical (unpaired) electrons. The molecular weight excluding hydrogens is 338 g/mol. The topological polar surface area (TPSA) is 65.1 Å². The third-order valence-corrected chi connectivity index (χ3v) is 4.15. The van der Waals surface area contributed by atoms with Crippen LogP contribution >= 0.6 is 0 Å². The molecule has 0 fully saturated rings. The normalized spacial score (nSPS) is 11.1. The second-order valence-electron chi connectivity index (χ2n) is 5.88. The molecular formula is C21H17N5O. The van der Waals surface area contributed by atoms with Crippen LogP contribution in [0.1, 0.15) is 5.56 Å². The summed E-state index contributed by atoms with van der Waals surface area (Å²) in [6, 6.07) is 20.7. The van der Waals surface area contributed by atoms with Crippen LogP contribution in [0.15, 0.2) is 88.9 Å². The fourth-order valence-electron chi connectivity index (χ4n) is 2.92. The van der Waals surface area contributed by atoms with Gasteiger partial charge in [0.05, 0.1) is 23.3 Å². The molecule has 0 bridgehead atoms. The molecule has 2 heterocycles. The van der Waals surface area contributed by atoms with Crippen molar-refractivity contribution in [3.8, 4) is 22.8 Å². The zero-order chi connectivity index (χ0) is 18.6. The quantitative estimate of drug-likeness (QED) is 0.528. The second-order valence-corrected chi connectivity index (χ2v) is 5.88. The lowest BCUT2D eigenvalue weighted by molar-refractivity contribution is 0.822. The van der Waals surface area contributed by atoms with Gasteiger partial charge >= 0.3 is 0 Å². The third kappa shape index (κ3) is 3.20. The molecule has 4 aromatic rings. The van der Waals surface area contributed by atoms with Crippen LogP contribution in [0.2, 0.25) is 0 Å². The van der Waals surface area contributed by atoms with Crippen LogP contribution in [0.3, 0.4) is 0 Å². The Kier molecular flexibility index (Phi) is 4.45. The number of benzene rings is 2. The van der Waals surface area contributed by atoms with E-state index in [2.05, 4.69) is 15.2 Å². The summed E-state index contributed by atoms with van der Waals surface area (Å²) in [5, 5.41) is 8.96. The first-order valence-corrected chi connectivity index (χ1v) is 8.49. The van der Waals surface area contributed by atoms with Gasteiger partial charge in [0.15, 0.2) is 5.69 Å². The minimum absolute atomic E-state index is 0.162. The fourth-order valence-corrected chi connectivity index (χ4v) is 2.92. The minimum Gasteiger partial charge on any atom is -0.296 e. The zero-order valence-corrected chi connectivity index (χ0v) is 14.7. The molecule has 6 nitrogen and oxygen atoms in total. The predicted octanol–water partition coefficient (Wildman–Crippen LogP) is 3.13. The van der Waals surface area contributed by atoms with Gasteiger partial charge in [-0.2, -0.15) is 10.2 Å². The average Bonchev–Trinajstić information content (AvgIpc) is 3.19. The zero-order valence-electron chi connectivity index (χ0n) is 14.7. The van der Waals surface area contributed by atoms with Crippen molar-refractivity contribution in [2.75, 3.05) is 7.05 Å². The first-order chi connectivity index (χ1) is 13.3. The summed E-state index contributed by atoms with van der Waals surface area (Å²) in [4.78, 5) is 16.6. The van der Waals surface area contributed by atoms with Gasteiger partial charge in [-0.1, -0.05) is 36.4 Å². The number of aliphatic imine (C=N–C) groups is 1. The van der Waals surface area contributed by atoms with Crippen molar-refractivity contribution in [3.05, 3.63) is 94.9 Å². The van der Waals surface area contributed by atoms with Crippen molar-refractivity contribution in [2.24, 2.45) is 4.99 Å². The van der Waals surface area contributed by atoms with E-state index in [1.54, 1.807) is 41.1 Å². The first kappa shape index (κ1) is 16.7. The molecule has 2 aromatic carbocycles. The smallest absolute Gasteiger partial charge is 0.209 e. The molecule has 0 aliphatic heterocycles. The molecule has 0 saturated heterocycles. The highest BCUT2D eigenvalue weighted by Crippen LogP contribution is 2.19. The molecule has 0 N–H and O–H groups in total. The van der Waals surface area contributed by atoms with Gasteiger partial charge in [-0.15, -0.1) is 0 Å². The van der Waals surface area contributed by atoms with Crippen molar-refractivity contribution in [1.82, 2.24) is 19.6 Å². The van der Waals surface area contributed by atoms with Crippen LogP contribution in [0, 0.1) is 0 Å². The Labute approximate surface area is 156 Å². The van der Waals surface area contributed by atoms with E-state index in [0.717, 1.165) is 16.9 Å². The third-order valence-electron chi connectivity index (χ3n) is 4.15. The molecule has 0 spiro atoms. The Bertz CT molecular complexity index is 1160. The Hall–Kier alpha value is -3.80. The van der Waals surface area contributed by atoms with Crippen molar-refractivity contribution in [1.29, 1.82) is 0 Å². The summed E-state index contributed by atoms with van der Waals surface area (Å²) in [6.07, 6.45) is 5.10. The summed E-state index contributed by atoms with van der Waals surface area (Å²) in [7, 11) is 1.72. The van der Waals surface area contributed by atoms with E-state index >= 15 is 0 Å². The lowest BCUT2D eigenvalue weighted by atomic mass is 10.2. The van der Waals surface area contributed by atoms with Gasteiger partial charge in [-0.3, -0.25) is 9.79 Å². The lowest BCUT2D eigenvalue weighted by Crippen LogP contribution is -2.15. The Morgan fingerprint density at radius 2 is 1.74 bits per heavy atom. The molecule has 4 rings (SSSR count). The maximum atomic E-state index is 12.6. The van der Waals surface area contributed by atoms with Crippen LogP contribution in [-0.2, 0) is 0 Å². The Balaban J connectivity index is 1.87. The summed E-state index contributed by atoms with van der Waals surface area (Å²) in [6.45, 7) is 0.